The highest BCUT2D eigenvalue weighted by Gasteiger charge is 2.37. The van der Waals surface area contributed by atoms with E-state index in [4.69, 9.17) is 0 Å². The highest BCUT2D eigenvalue weighted by molar-refractivity contribution is 7.89. The minimum Gasteiger partial charge on any atom is -0.336 e. The normalized spacial score (nSPS) is 15.2. The van der Waals surface area contributed by atoms with Gasteiger partial charge in [0.25, 0.3) is 5.91 Å². The number of benzene rings is 6. The third kappa shape index (κ3) is 5.85. The lowest BCUT2D eigenvalue weighted by molar-refractivity contribution is 0.0693. The first kappa shape index (κ1) is 32.0. The monoisotopic (exact) mass is 674 g/mol. The largest absolute Gasteiger partial charge is 0.336 e. The highest BCUT2D eigenvalue weighted by atomic mass is 32.2. The van der Waals surface area contributed by atoms with Crippen molar-refractivity contribution in [3.63, 3.8) is 0 Å². The van der Waals surface area contributed by atoms with E-state index in [9.17, 15) is 22.6 Å². The third-order valence-corrected chi connectivity index (χ3v) is 12.9. The second-order valence-corrected chi connectivity index (χ2v) is 18.0. The number of ketones is 1. The van der Waals surface area contributed by atoms with Gasteiger partial charge in [-0.2, -0.15) is 4.31 Å². The average Bonchev–Trinajstić information content (AvgIpc) is 3.10. The van der Waals surface area contributed by atoms with Gasteiger partial charge in [0.1, 0.15) is 5.66 Å². The zero-order valence-corrected chi connectivity index (χ0v) is 28.5. The summed E-state index contributed by atoms with van der Waals surface area (Å²) in [5, 5.41) is 5.17. The van der Waals surface area contributed by atoms with Gasteiger partial charge in [0.15, 0.2) is 5.78 Å². The smallest absolute Gasteiger partial charge is 0.254 e. The number of carbonyl (C=O) groups is 2. The lowest BCUT2D eigenvalue weighted by atomic mass is 9.92. The summed E-state index contributed by atoms with van der Waals surface area (Å²) in [4.78, 5) is 30.8. The molecule has 1 amide bonds. The molecule has 0 N–H and O–H groups in total. The summed E-state index contributed by atoms with van der Waals surface area (Å²) in [5.74, 6) is -0.725. The maximum atomic E-state index is 14.7. The van der Waals surface area contributed by atoms with E-state index < -0.39 is 22.8 Å². The van der Waals surface area contributed by atoms with Gasteiger partial charge in [0, 0.05) is 31.7 Å². The molecule has 1 saturated heterocycles. The topological polar surface area (TPSA) is 91.8 Å². The van der Waals surface area contributed by atoms with E-state index in [1.54, 1.807) is 48.6 Å². The first-order valence-electron chi connectivity index (χ1n) is 15.9. The van der Waals surface area contributed by atoms with Crippen LogP contribution in [0.4, 0.5) is 0 Å². The van der Waals surface area contributed by atoms with Gasteiger partial charge in [-0.1, -0.05) is 97.1 Å². The molecule has 7 rings (SSSR count). The van der Waals surface area contributed by atoms with Gasteiger partial charge in [-0.3, -0.25) is 9.59 Å². The van der Waals surface area contributed by atoms with Crippen molar-refractivity contribution in [1.29, 1.82) is 0 Å². The minimum atomic E-state index is -3.78. The summed E-state index contributed by atoms with van der Waals surface area (Å²) in [6.07, 6.45) is 0. The van der Waals surface area contributed by atoms with Gasteiger partial charge in [0.05, 0.1) is 17.6 Å². The zero-order valence-electron chi connectivity index (χ0n) is 26.7. The van der Waals surface area contributed by atoms with Gasteiger partial charge in [-0.05, 0) is 75.5 Å². The molecule has 0 aliphatic carbocycles. The van der Waals surface area contributed by atoms with Crippen LogP contribution in [0, 0.1) is 0 Å². The van der Waals surface area contributed by atoms with E-state index >= 15 is 0 Å². The zero-order chi connectivity index (χ0) is 33.6. The first-order valence-corrected chi connectivity index (χ1v) is 20.0. The molecule has 0 spiro atoms. The molecule has 1 aliphatic rings. The Morgan fingerprint density at radius 3 is 1.81 bits per heavy atom. The lowest BCUT2D eigenvalue weighted by Crippen LogP contribution is -2.50. The van der Waals surface area contributed by atoms with Gasteiger partial charge in [-0.15, -0.1) is 0 Å². The van der Waals surface area contributed by atoms with Gasteiger partial charge in [0.2, 0.25) is 10.0 Å². The Bertz CT molecular complexity index is 2390. The molecule has 7 nitrogen and oxygen atoms in total. The van der Waals surface area contributed by atoms with Crippen molar-refractivity contribution in [2.24, 2.45) is 0 Å². The molecule has 1 heterocycles. The van der Waals surface area contributed by atoms with Crippen LogP contribution in [-0.4, -0.2) is 68.8 Å². The number of carbonyl (C=O) groups excluding carboxylic acids is 2. The van der Waals surface area contributed by atoms with E-state index in [1.165, 1.54) is 4.31 Å². The Labute approximate surface area is 280 Å². The van der Waals surface area contributed by atoms with Crippen LogP contribution in [0.3, 0.4) is 0 Å². The van der Waals surface area contributed by atoms with Gasteiger partial charge >= 0.3 is 0 Å². The Morgan fingerprint density at radius 1 is 0.625 bits per heavy atom. The van der Waals surface area contributed by atoms with E-state index in [2.05, 4.69) is 0 Å². The van der Waals surface area contributed by atoms with Crippen molar-refractivity contribution in [3.05, 3.63) is 138 Å². The summed E-state index contributed by atoms with van der Waals surface area (Å²) in [6, 6.07) is 37.1. The quantitative estimate of drug-likeness (QED) is 0.127. The predicted octanol–water partition coefficient (Wildman–Crippen LogP) is 7.84. The molecular formula is C39H35N2O5PS. The molecule has 9 heteroatoms. The maximum absolute atomic E-state index is 14.7. The molecule has 6 aromatic carbocycles. The van der Waals surface area contributed by atoms with E-state index in [0.29, 0.717) is 5.56 Å². The average molecular weight is 675 g/mol. The third-order valence-electron chi connectivity index (χ3n) is 9.25. The fraction of sp³-hybridized carbons (Fsp3) is 0.179. The molecule has 1 unspecified atom stereocenters. The van der Waals surface area contributed by atoms with Crippen LogP contribution >= 0.6 is 7.14 Å². The summed E-state index contributed by atoms with van der Waals surface area (Å²) < 4.78 is 42.6. The fourth-order valence-corrected chi connectivity index (χ4v) is 9.85. The van der Waals surface area contributed by atoms with Crippen molar-refractivity contribution < 1.29 is 22.6 Å². The number of nitrogens with zero attached hydrogens (tertiary/aromatic N) is 2. The van der Waals surface area contributed by atoms with E-state index in [1.807, 2.05) is 91.0 Å². The first-order chi connectivity index (χ1) is 23.0. The Hall–Kier alpha value is -4.62. The van der Waals surface area contributed by atoms with Crippen LogP contribution in [0.25, 0.3) is 32.3 Å². The molecule has 0 radical (unpaired) electrons. The number of rotatable bonds is 7. The fourth-order valence-electron chi connectivity index (χ4n) is 6.79. The molecule has 1 atom stereocenters. The molecule has 1 aliphatic heterocycles. The SMILES string of the molecule is CP(C)(=O)C(C(=O)c1cc2ccccc2cc1C(=O)N1CCN(S(=O)(=O)c2ccc3ccccc3c2)CC1)c1cccc2ccccc12. The number of hydrogen-bond acceptors (Lipinski definition) is 5. The summed E-state index contributed by atoms with van der Waals surface area (Å²) in [7, 11) is -6.87. The Kier molecular flexibility index (Phi) is 8.28. The minimum absolute atomic E-state index is 0.121. The van der Waals surface area contributed by atoms with Crippen molar-refractivity contribution in [3.8, 4) is 0 Å². The van der Waals surface area contributed by atoms with Crippen molar-refractivity contribution in [2.45, 2.75) is 10.6 Å². The molecule has 0 bridgehead atoms. The number of amides is 1. The molecule has 48 heavy (non-hydrogen) atoms. The highest BCUT2D eigenvalue weighted by Crippen LogP contribution is 2.55. The predicted molar refractivity (Wildman–Crippen MR) is 193 cm³/mol. The van der Waals surface area contributed by atoms with E-state index in [-0.39, 0.29) is 53.9 Å². The van der Waals surface area contributed by atoms with Crippen molar-refractivity contribution in [2.75, 3.05) is 39.5 Å². The van der Waals surface area contributed by atoms with Crippen LogP contribution in [0.5, 0.6) is 0 Å². The second-order valence-electron chi connectivity index (χ2n) is 12.7. The number of piperazine rings is 1. The van der Waals surface area contributed by atoms with Crippen LogP contribution in [0.2, 0.25) is 0 Å². The summed E-state index contributed by atoms with van der Waals surface area (Å²) in [5.41, 5.74) is 0.153. The van der Waals surface area contributed by atoms with Crippen LogP contribution in [-0.2, 0) is 14.6 Å². The molecule has 242 valence electrons. The summed E-state index contributed by atoms with van der Waals surface area (Å²) in [6.45, 7) is 3.81. The van der Waals surface area contributed by atoms with Crippen molar-refractivity contribution in [1.82, 2.24) is 9.21 Å². The number of Topliss-reactive ketones (excluding diaryl/α,β-unsaturated/α-hetero) is 1. The molecule has 0 aromatic heterocycles. The van der Waals surface area contributed by atoms with Crippen molar-refractivity contribution >= 4 is 61.2 Å². The molecule has 1 fully saturated rings. The standard InChI is InChI=1S/C39H35N2O5PS/c1-47(2,44)38(34-17-9-15-28-11-7-8-16-33(28)34)37(42)35-25-30-13-5-6-14-31(30)26-36(35)39(43)40-20-22-41(23-21-40)48(45,46)32-19-18-27-10-3-4-12-29(27)24-32/h3-19,24-26,38H,20-23H2,1-2H3. The van der Waals surface area contributed by atoms with Crippen LogP contribution in [0.1, 0.15) is 31.9 Å². The van der Waals surface area contributed by atoms with Crippen LogP contribution < -0.4 is 0 Å². The molecule has 0 saturated carbocycles. The van der Waals surface area contributed by atoms with Gasteiger partial charge < -0.3 is 9.46 Å². The second kappa shape index (κ2) is 12.4. The van der Waals surface area contributed by atoms with Crippen LogP contribution in [0.15, 0.2) is 126 Å². The number of sulfonamides is 1. The van der Waals surface area contributed by atoms with Gasteiger partial charge in [-0.25, -0.2) is 8.42 Å². The number of hydrogen-bond donors (Lipinski definition) is 0. The maximum Gasteiger partial charge on any atom is 0.254 e. The summed E-state index contributed by atoms with van der Waals surface area (Å²) >= 11 is 0. The lowest BCUT2D eigenvalue weighted by Gasteiger charge is -2.34. The number of fused-ring (bicyclic) bond motifs is 3. The Balaban J connectivity index is 1.22. The molecular weight excluding hydrogens is 639 g/mol. The molecule has 6 aromatic rings. The Morgan fingerprint density at radius 2 is 1.17 bits per heavy atom. The van der Waals surface area contributed by atoms with E-state index in [0.717, 1.165) is 32.3 Å².